The van der Waals surface area contributed by atoms with Gasteiger partial charge in [-0.2, -0.15) is 5.26 Å². The van der Waals surface area contributed by atoms with Crippen molar-refractivity contribution in [3.8, 4) is 11.8 Å². The molecule has 33 heavy (non-hydrogen) atoms. The number of amides is 1. The number of carbonyl (C=O) groups is 1. The smallest absolute Gasteiger partial charge is 0.256 e. The Bertz CT molecular complexity index is 1400. The van der Waals surface area contributed by atoms with Crippen molar-refractivity contribution < 1.29 is 4.79 Å². The quantitative estimate of drug-likeness (QED) is 0.455. The van der Waals surface area contributed by atoms with Crippen LogP contribution in [0.5, 0.6) is 0 Å². The normalized spacial score (nSPS) is 13.0. The maximum atomic E-state index is 13.0. The van der Waals surface area contributed by atoms with E-state index in [1.807, 2.05) is 59.2 Å². The number of anilines is 1. The zero-order valence-electron chi connectivity index (χ0n) is 18.5. The van der Waals surface area contributed by atoms with Crippen LogP contribution in [0.4, 0.5) is 5.82 Å². The summed E-state index contributed by atoms with van der Waals surface area (Å²) in [5.74, 6) is 1.02. The number of nitrogens with one attached hydrogen (secondary N) is 1. The molecular weight excluding hydrogens is 434 g/mol. The van der Waals surface area contributed by atoms with Gasteiger partial charge >= 0.3 is 0 Å². The lowest BCUT2D eigenvalue weighted by atomic mass is 9.95. The highest BCUT2D eigenvalue weighted by Crippen LogP contribution is 2.35. The number of carbonyl (C=O) groups excluding carboxylic acids is 1. The Hall–Kier alpha value is -3.64. The highest BCUT2D eigenvalue weighted by atomic mass is 32.2. The van der Waals surface area contributed by atoms with Crippen molar-refractivity contribution >= 4 is 29.3 Å². The molecule has 0 radical (unpaired) electrons. The third-order valence-corrected chi connectivity index (χ3v) is 6.78. The van der Waals surface area contributed by atoms with Gasteiger partial charge in [0, 0.05) is 22.8 Å². The number of benzene rings is 1. The monoisotopic (exact) mass is 457 g/mol. The summed E-state index contributed by atoms with van der Waals surface area (Å²) >= 11 is 1.30. The lowest BCUT2D eigenvalue weighted by Gasteiger charge is -2.17. The Kier molecular flexibility index (Phi) is 5.60. The largest absolute Gasteiger partial charge is 0.310 e. The Morgan fingerprint density at radius 2 is 1.97 bits per heavy atom. The van der Waals surface area contributed by atoms with Gasteiger partial charge in [0.2, 0.25) is 5.91 Å². The third-order valence-electron chi connectivity index (χ3n) is 5.85. The molecule has 0 bridgehead atoms. The first-order valence-corrected chi connectivity index (χ1v) is 11.9. The molecule has 0 saturated heterocycles. The molecule has 1 amide bonds. The fraction of sp³-hybridized carbons (Fsp3) is 0.292. The molecule has 4 aromatic rings. The molecule has 3 heterocycles. The molecule has 0 spiro atoms. The van der Waals surface area contributed by atoms with Gasteiger partial charge in [0.1, 0.15) is 11.9 Å². The van der Waals surface area contributed by atoms with Crippen LogP contribution in [0.1, 0.15) is 41.1 Å². The van der Waals surface area contributed by atoms with Gasteiger partial charge in [0.05, 0.1) is 11.3 Å². The minimum atomic E-state index is -0.196. The molecule has 3 aromatic heterocycles. The molecule has 0 unspecified atom stereocenters. The molecule has 166 valence electrons. The Morgan fingerprint density at radius 1 is 1.18 bits per heavy atom. The maximum Gasteiger partial charge on any atom is 0.256 e. The highest BCUT2D eigenvalue weighted by molar-refractivity contribution is 7.99. The summed E-state index contributed by atoms with van der Waals surface area (Å²) < 4.78 is 3.88. The zero-order chi connectivity index (χ0) is 22.9. The summed E-state index contributed by atoms with van der Waals surface area (Å²) in [5.41, 5.74) is 5.51. The van der Waals surface area contributed by atoms with Crippen LogP contribution in [0, 0.1) is 25.2 Å². The van der Waals surface area contributed by atoms with Crippen molar-refractivity contribution in [2.24, 2.45) is 0 Å². The van der Waals surface area contributed by atoms with Gasteiger partial charge in [-0.1, -0.05) is 30.0 Å². The van der Waals surface area contributed by atoms with E-state index in [-0.39, 0.29) is 11.7 Å². The first-order chi connectivity index (χ1) is 16.1. The number of nitriles is 1. The van der Waals surface area contributed by atoms with E-state index in [0.29, 0.717) is 22.3 Å². The van der Waals surface area contributed by atoms with Crippen LogP contribution >= 0.6 is 11.8 Å². The maximum absolute atomic E-state index is 13.0. The molecule has 0 saturated carbocycles. The van der Waals surface area contributed by atoms with Crippen molar-refractivity contribution in [1.29, 1.82) is 5.26 Å². The molecule has 0 atom stereocenters. The molecular formula is C24H23N7OS. The summed E-state index contributed by atoms with van der Waals surface area (Å²) in [4.78, 5) is 17.4. The van der Waals surface area contributed by atoms with Gasteiger partial charge in [-0.25, -0.2) is 4.98 Å². The summed E-state index contributed by atoms with van der Waals surface area (Å²) in [6.45, 7) is 3.88. The molecule has 5 rings (SSSR count). The fourth-order valence-electron chi connectivity index (χ4n) is 4.49. The van der Waals surface area contributed by atoms with Crippen LogP contribution in [0.2, 0.25) is 0 Å². The number of hydrogen-bond acceptors (Lipinski definition) is 6. The van der Waals surface area contributed by atoms with Crippen LogP contribution in [-0.2, 0) is 17.6 Å². The molecule has 1 N–H and O–H groups in total. The van der Waals surface area contributed by atoms with Gasteiger partial charge in [0.25, 0.3) is 5.78 Å². The topological polar surface area (TPSA) is 101 Å². The van der Waals surface area contributed by atoms with Crippen molar-refractivity contribution in [1.82, 2.24) is 24.1 Å². The first-order valence-electron chi connectivity index (χ1n) is 10.9. The van der Waals surface area contributed by atoms with Crippen LogP contribution in [0.25, 0.3) is 11.5 Å². The Morgan fingerprint density at radius 3 is 2.76 bits per heavy atom. The summed E-state index contributed by atoms with van der Waals surface area (Å²) in [5, 5.41) is 21.9. The van der Waals surface area contributed by atoms with Crippen LogP contribution < -0.4 is 5.32 Å². The average molecular weight is 458 g/mol. The van der Waals surface area contributed by atoms with Crippen molar-refractivity contribution in [2.75, 3.05) is 11.1 Å². The van der Waals surface area contributed by atoms with Crippen LogP contribution in [0.15, 0.2) is 41.6 Å². The summed E-state index contributed by atoms with van der Waals surface area (Å²) in [6, 6.07) is 14.2. The second-order valence-electron chi connectivity index (χ2n) is 8.13. The summed E-state index contributed by atoms with van der Waals surface area (Å²) in [6.07, 6.45) is 3.87. The average Bonchev–Trinajstić information content (AvgIpc) is 3.36. The van der Waals surface area contributed by atoms with E-state index >= 15 is 0 Å². The van der Waals surface area contributed by atoms with Crippen molar-refractivity contribution in [3.63, 3.8) is 0 Å². The fourth-order valence-corrected chi connectivity index (χ4v) is 5.27. The number of nitrogens with zero attached hydrogens (tertiary/aromatic N) is 6. The second kappa shape index (κ2) is 8.71. The first kappa shape index (κ1) is 21.2. The van der Waals surface area contributed by atoms with Crippen molar-refractivity contribution in [2.45, 2.75) is 44.7 Å². The highest BCUT2D eigenvalue weighted by Gasteiger charge is 2.27. The lowest BCUT2D eigenvalue weighted by Crippen LogP contribution is -2.18. The predicted octanol–water partition coefficient (Wildman–Crippen LogP) is 4.01. The van der Waals surface area contributed by atoms with Crippen molar-refractivity contribution in [3.05, 3.63) is 64.6 Å². The minimum Gasteiger partial charge on any atom is -0.310 e. The third kappa shape index (κ3) is 3.87. The number of para-hydroxylation sites is 1. The number of hydrogen-bond donors (Lipinski definition) is 1. The molecule has 1 aliphatic carbocycles. The molecule has 8 nitrogen and oxygen atoms in total. The van der Waals surface area contributed by atoms with Gasteiger partial charge in [-0.3, -0.25) is 13.8 Å². The molecule has 1 aliphatic rings. The number of rotatable bonds is 5. The second-order valence-corrected chi connectivity index (χ2v) is 9.07. The van der Waals surface area contributed by atoms with E-state index in [9.17, 15) is 10.1 Å². The van der Waals surface area contributed by atoms with Gasteiger partial charge in [0.15, 0.2) is 5.16 Å². The number of aromatic nitrogens is 5. The Balaban J connectivity index is 1.44. The standard InChI is InChI=1S/C24H23N7OS/c1-15-12-16(2)30-23(26-15)28-29-24(30)33-14-21(32)27-22-19(13-25)18-10-6-7-11-20(18)31(22)17-8-4-3-5-9-17/h3-5,8-9,12H,6-7,10-11,14H2,1-2H3,(H,27,32). The minimum absolute atomic E-state index is 0.142. The van der Waals surface area contributed by atoms with E-state index in [1.165, 1.54) is 11.8 Å². The number of aryl methyl sites for hydroxylation is 2. The molecule has 0 aliphatic heterocycles. The number of fused-ring (bicyclic) bond motifs is 2. The summed E-state index contributed by atoms with van der Waals surface area (Å²) in [7, 11) is 0. The van der Waals surface area contributed by atoms with E-state index < -0.39 is 0 Å². The van der Waals surface area contributed by atoms with Crippen LogP contribution in [0.3, 0.4) is 0 Å². The molecule has 1 aromatic carbocycles. The van der Waals surface area contributed by atoms with E-state index in [2.05, 4.69) is 26.6 Å². The van der Waals surface area contributed by atoms with E-state index in [0.717, 1.165) is 54.0 Å². The lowest BCUT2D eigenvalue weighted by molar-refractivity contribution is -0.113. The molecule has 0 fully saturated rings. The molecule has 9 heteroatoms. The SMILES string of the molecule is Cc1cc(C)n2c(SCC(=O)Nc3c(C#N)c4c(n3-c3ccccc3)CCCC4)nnc2n1. The van der Waals surface area contributed by atoms with E-state index in [4.69, 9.17) is 0 Å². The van der Waals surface area contributed by atoms with Gasteiger partial charge < -0.3 is 5.32 Å². The number of thioether (sulfide) groups is 1. The van der Waals surface area contributed by atoms with Gasteiger partial charge in [-0.15, -0.1) is 10.2 Å². The Labute approximate surface area is 195 Å². The van der Waals surface area contributed by atoms with Crippen LogP contribution in [-0.4, -0.2) is 35.8 Å². The zero-order valence-corrected chi connectivity index (χ0v) is 19.3. The predicted molar refractivity (Wildman–Crippen MR) is 127 cm³/mol. The van der Waals surface area contributed by atoms with E-state index in [1.54, 1.807) is 0 Å². The van der Waals surface area contributed by atoms with Gasteiger partial charge in [-0.05, 0) is 63.3 Å².